The number of hydrogen-bond acceptors (Lipinski definition) is 5. The Kier molecular flexibility index (Phi) is 4.56. The van der Waals surface area contributed by atoms with E-state index in [1.165, 1.54) is 12.1 Å². The number of nitrogens with zero attached hydrogens (tertiary/aromatic N) is 1. The Morgan fingerprint density at radius 1 is 1.17 bits per heavy atom. The lowest BCUT2D eigenvalue weighted by Gasteiger charge is -2.21. The molecule has 1 aromatic heterocycles. The van der Waals surface area contributed by atoms with Crippen molar-refractivity contribution in [3.05, 3.63) is 24.3 Å². The third kappa shape index (κ3) is 4.21. The number of hydrogen-bond donors (Lipinski definition) is 2. The Bertz CT molecular complexity index is 764. The lowest BCUT2D eigenvalue weighted by molar-refractivity contribution is -0.274. The summed E-state index contributed by atoms with van der Waals surface area (Å²) in [6, 6.07) is 4.56. The molecule has 0 amide bonds. The monoisotopic (exact) mass is 345 g/mol. The summed E-state index contributed by atoms with van der Waals surface area (Å²) < 4.78 is 46.9. The minimum Gasteiger partial charge on any atom is -0.443 e. The first-order chi connectivity index (χ1) is 10.9. The molecule has 130 valence electrons. The first-order valence-corrected chi connectivity index (χ1v) is 6.88. The van der Waals surface area contributed by atoms with Crippen molar-refractivity contribution in [2.45, 2.75) is 32.7 Å². The second-order valence-corrected chi connectivity index (χ2v) is 6.03. The van der Waals surface area contributed by atoms with Crippen molar-refractivity contribution in [1.29, 1.82) is 0 Å². The second-order valence-electron chi connectivity index (χ2n) is 6.03. The standard InChI is InChI=1S/C14H15BF3NO5/c1-13(2,3)24-12(20)19-10-7-9(23-14(16,17)18)5-4-8(10)6-11(19)15(21)22/h4-7,21-22H,1-3H3. The lowest BCUT2D eigenvalue weighted by Crippen LogP contribution is -2.41. The molecule has 0 aliphatic carbocycles. The Labute approximate surface area is 135 Å². The number of aromatic nitrogens is 1. The van der Waals surface area contributed by atoms with Crippen LogP contribution in [0.3, 0.4) is 0 Å². The molecular formula is C14H15BF3NO5. The quantitative estimate of drug-likeness (QED) is 0.814. The third-order valence-electron chi connectivity index (χ3n) is 2.88. The van der Waals surface area contributed by atoms with Crippen molar-refractivity contribution in [1.82, 2.24) is 4.57 Å². The van der Waals surface area contributed by atoms with Crippen molar-refractivity contribution in [2.75, 3.05) is 0 Å². The van der Waals surface area contributed by atoms with Gasteiger partial charge in [-0.15, -0.1) is 13.2 Å². The van der Waals surface area contributed by atoms with Crippen molar-refractivity contribution in [3.8, 4) is 5.75 Å². The van der Waals surface area contributed by atoms with Gasteiger partial charge >= 0.3 is 19.6 Å². The van der Waals surface area contributed by atoms with E-state index in [4.69, 9.17) is 4.74 Å². The molecule has 0 aliphatic rings. The molecule has 10 heteroatoms. The van der Waals surface area contributed by atoms with Crippen LogP contribution in [0.1, 0.15) is 20.8 Å². The fourth-order valence-corrected chi connectivity index (χ4v) is 2.10. The lowest BCUT2D eigenvalue weighted by atomic mass is 9.86. The maximum absolute atomic E-state index is 12.4. The van der Waals surface area contributed by atoms with Gasteiger partial charge in [0.15, 0.2) is 0 Å². The third-order valence-corrected chi connectivity index (χ3v) is 2.88. The molecule has 0 atom stereocenters. The highest BCUT2D eigenvalue weighted by atomic mass is 19.4. The summed E-state index contributed by atoms with van der Waals surface area (Å²) >= 11 is 0. The molecule has 0 unspecified atom stereocenters. The molecule has 1 heterocycles. The summed E-state index contributed by atoms with van der Waals surface area (Å²) in [6.45, 7) is 4.80. The Morgan fingerprint density at radius 2 is 1.79 bits per heavy atom. The van der Waals surface area contributed by atoms with Gasteiger partial charge in [0.2, 0.25) is 0 Å². The van der Waals surface area contributed by atoms with E-state index in [0.29, 0.717) is 5.39 Å². The van der Waals surface area contributed by atoms with Crippen molar-refractivity contribution < 1.29 is 37.5 Å². The van der Waals surface area contributed by atoms with Crippen molar-refractivity contribution >= 4 is 29.7 Å². The fraction of sp³-hybridized carbons (Fsp3) is 0.357. The van der Waals surface area contributed by atoms with Gasteiger partial charge in [-0.3, -0.25) is 4.57 Å². The van der Waals surface area contributed by atoms with Gasteiger partial charge in [-0.2, -0.15) is 0 Å². The van der Waals surface area contributed by atoms with Crippen LogP contribution in [-0.4, -0.2) is 39.8 Å². The highest BCUT2D eigenvalue weighted by molar-refractivity contribution is 6.59. The van der Waals surface area contributed by atoms with Gasteiger partial charge in [0, 0.05) is 11.5 Å². The van der Waals surface area contributed by atoms with Crippen LogP contribution in [0.25, 0.3) is 10.9 Å². The normalized spacial score (nSPS) is 12.3. The molecule has 2 aromatic rings. The van der Waals surface area contributed by atoms with E-state index >= 15 is 0 Å². The second kappa shape index (κ2) is 6.02. The fourth-order valence-electron chi connectivity index (χ4n) is 2.10. The van der Waals surface area contributed by atoms with Crippen LogP contribution in [0.5, 0.6) is 5.75 Å². The average Bonchev–Trinajstić information content (AvgIpc) is 2.73. The first-order valence-electron chi connectivity index (χ1n) is 6.88. The molecule has 0 bridgehead atoms. The van der Waals surface area contributed by atoms with Crippen molar-refractivity contribution in [2.24, 2.45) is 0 Å². The van der Waals surface area contributed by atoms with Crippen LogP contribution in [-0.2, 0) is 4.74 Å². The number of ether oxygens (including phenoxy) is 2. The molecule has 6 nitrogen and oxygen atoms in total. The van der Waals surface area contributed by atoms with Crippen LogP contribution < -0.4 is 10.3 Å². The SMILES string of the molecule is CC(C)(C)OC(=O)n1c(B(O)O)cc2ccc(OC(F)(F)F)cc21. The average molecular weight is 345 g/mol. The van der Waals surface area contributed by atoms with E-state index in [2.05, 4.69) is 4.74 Å². The van der Waals surface area contributed by atoms with Gasteiger partial charge < -0.3 is 19.5 Å². The summed E-state index contributed by atoms with van der Waals surface area (Å²) in [7, 11) is -2.02. The van der Waals surface area contributed by atoms with Crippen LogP contribution in [0.15, 0.2) is 24.3 Å². The number of carbonyl (C=O) groups is 1. The van der Waals surface area contributed by atoms with Gasteiger partial charge in [0.25, 0.3) is 0 Å². The van der Waals surface area contributed by atoms with Gasteiger partial charge in [0.05, 0.1) is 11.1 Å². The molecule has 0 fully saturated rings. The van der Waals surface area contributed by atoms with E-state index in [1.807, 2.05) is 0 Å². The van der Waals surface area contributed by atoms with Crippen molar-refractivity contribution in [3.63, 3.8) is 0 Å². The zero-order valence-corrected chi connectivity index (χ0v) is 13.1. The zero-order chi connectivity index (χ0) is 18.3. The Hall–Kier alpha value is -2.20. The molecule has 0 saturated carbocycles. The van der Waals surface area contributed by atoms with E-state index < -0.39 is 30.9 Å². The molecule has 0 spiro atoms. The number of rotatable bonds is 2. The molecule has 2 rings (SSSR count). The number of carbonyl (C=O) groups excluding carboxylic acids is 1. The van der Waals surface area contributed by atoms with Gasteiger partial charge in [-0.1, -0.05) is 0 Å². The maximum Gasteiger partial charge on any atom is 0.573 e. The summed E-state index contributed by atoms with van der Waals surface area (Å²) in [5, 5.41) is 19.2. The summed E-state index contributed by atoms with van der Waals surface area (Å²) in [5.41, 5.74) is -1.12. The molecule has 24 heavy (non-hydrogen) atoms. The predicted octanol–water partition coefficient (Wildman–Crippen LogP) is 2.00. The van der Waals surface area contributed by atoms with E-state index in [9.17, 15) is 28.0 Å². The van der Waals surface area contributed by atoms with E-state index in [0.717, 1.165) is 16.7 Å². The van der Waals surface area contributed by atoms with Gasteiger partial charge in [-0.05, 0) is 39.0 Å². The number of halogens is 3. The first kappa shape index (κ1) is 18.1. The Balaban J connectivity index is 2.58. The summed E-state index contributed by atoms with van der Waals surface area (Å²) in [4.78, 5) is 12.3. The van der Waals surface area contributed by atoms with Crippen LogP contribution in [0.2, 0.25) is 0 Å². The molecular weight excluding hydrogens is 330 g/mol. The Morgan fingerprint density at radius 3 is 2.29 bits per heavy atom. The predicted molar refractivity (Wildman–Crippen MR) is 80.1 cm³/mol. The number of fused-ring (bicyclic) bond motifs is 1. The van der Waals surface area contributed by atoms with E-state index in [-0.39, 0.29) is 11.1 Å². The summed E-state index contributed by atoms with van der Waals surface area (Å²) in [5.74, 6) is -0.545. The number of alkyl halides is 3. The topological polar surface area (TPSA) is 80.9 Å². The molecule has 0 saturated heterocycles. The molecule has 1 aromatic carbocycles. The molecule has 2 N–H and O–H groups in total. The minimum atomic E-state index is -4.89. The highest BCUT2D eigenvalue weighted by Gasteiger charge is 2.32. The number of benzene rings is 1. The van der Waals surface area contributed by atoms with Gasteiger partial charge in [-0.25, -0.2) is 4.79 Å². The molecule has 0 radical (unpaired) electrons. The minimum absolute atomic E-state index is 0.00546. The largest absolute Gasteiger partial charge is 0.573 e. The van der Waals surface area contributed by atoms with Crippen LogP contribution in [0.4, 0.5) is 18.0 Å². The smallest absolute Gasteiger partial charge is 0.443 e. The van der Waals surface area contributed by atoms with Gasteiger partial charge in [0.1, 0.15) is 11.4 Å². The molecule has 0 aliphatic heterocycles. The summed E-state index contributed by atoms with van der Waals surface area (Å²) in [6.07, 6.45) is -5.85. The highest BCUT2D eigenvalue weighted by Crippen LogP contribution is 2.27. The zero-order valence-electron chi connectivity index (χ0n) is 13.1. The van der Waals surface area contributed by atoms with Crippen LogP contribution >= 0.6 is 0 Å². The van der Waals surface area contributed by atoms with Crippen LogP contribution in [0, 0.1) is 0 Å². The maximum atomic E-state index is 12.4. The van der Waals surface area contributed by atoms with E-state index in [1.54, 1.807) is 20.8 Å².